The zero-order valence-electron chi connectivity index (χ0n) is 12.8. The zero-order chi connectivity index (χ0) is 15.5. The van der Waals surface area contributed by atoms with Crippen LogP contribution in [0.3, 0.4) is 0 Å². The van der Waals surface area contributed by atoms with E-state index < -0.39 is 10.0 Å². The van der Waals surface area contributed by atoms with Crippen molar-refractivity contribution in [1.82, 2.24) is 4.31 Å². The van der Waals surface area contributed by atoms with Gasteiger partial charge in [0.05, 0.1) is 25.2 Å². The highest BCUT2D eigenvalue weighted by atomic mass is 32.2. The van der Waals surface area contributed by atoms with Crippen LogP contribution in [0.1, 0.15) is 31.7 Å². The van der Waals surface area contributed by atoms with Crippen molar-refractivity contribution in [2.45, 2.75) is 31.1 Å². The van der Waals surface area contributed by atoms with Crippen LogP contribution < -0.4 is 4.74 Å². The molecule has 1 saturated heterocycles. The molecule has 6 heteroatoms. The van der Waals surface area contributed by atoms with E-state index in [1.54, 1.807) is 25.3 Å². The van der Waals surface area contributed by atoms with Crippen molar-refractivity contribution in [2.75, 3.05) is 33.4 Å². The number of hydrogen-bond acceptors (Lipinski definition) is 4. The predicted molar refractivity (Wildman–Crippen MR) is 81.3 cm³/mol. The van der Waals surface area contributed by atoms with Crippen molar-refractivity contribution >= 4 is 10.0 Å². The van der Waals surface area contributed by atoms with Crippen LogP contribution in [0, 0.1) is 0 Å². The molecule has 0 amide bonds. The molecule has 0 spiro atoms. The number of ether oxygens (including phenoxy) is 2. The molecule has 1 aliphatic heterocycles. The third kappa shape index (κ3) is 3.39. The molecule has 1 aliphatic rings. The number of morpholine rings is 1. The Labute approximate surface area is 126 Å². The van der Waals surface area contributed by atoms with Gasteiger partial charge in [-0.25, -0.2) is 8.42 Å². The average molecular weight is 313 g/mol. The van der Waals surface area contributed by atoms with Crippen LogP contribution in [0.2, 0.25) is 0 Å². The molecule has 0 unspecified atom stereocenters. The normalized spacial score (nSPS) is 18.4. The van der Waals surface area contributed by atoms with Gasteiger partial charge in [0.25, 0.3) is 0 Å². The van der Waals surface area contributed by atoms with Gasteiger partial charge in [-0.2, -0.15) is 4.31 Å². The van der Waals surface area contributed by atoms with Crippen LogP contribution in [0.15, 0.2) is 23.1 Å². The average Bonchev–Trinajstić information content (AvgIpc) is 2.54. The quantitative estimate of drug-likeness (QED) is 0.836. The van der Waals surface area contributed by atoms with Crippen LogP contribution in [0.25, 0.3) is 0 Å². The van der Waals surface area contributed by atoms with Gasteiger partial charge >= 0.3 is 0 Å². The minimum atomic E-state index is -3.45. The Morgan fingerprint density at radius 2 is 2.00 bits per heavy atom. The molecule has 0 N–H and O–H groups in total. The van der Waals surface area contributed by atoms with Gasteiger partial charge in [0.2, 0.25) is 10.0 Å². The molecule has 0 radical (unpaired) electrons. The maximum atomic E-state index is 12.7. The Hall–Kier alpha value is -1.11. The third-order valence-electron chi connectivity index (χ3n) is 3.95. The summed E-state index contributed by atoms with van der Waals surface area (Å²) in [4.78, 5) is 0.334. The zero-order valence-corrected chi connectivity index (χ0v) is 13.6. The molecule has 1 atom stereocenters. The molecule has 1 fully saturated rings. The molecule has 1 aromatic rings. The lowest BCUT2D eigenvalue weighted by Gasteiger charge is -2.26. The summed E-state index contributed by atoms with van der Waals surface area (Å²) in [7, 11) is -1.84. The highest BCUT2D eigenvalue weighted by Gasteiger charge is 2.27. The fourth-order valence-corrected chi connectivity index (χ4v) is 3.86. The number of rotatable bonds is 5. The SMILES string of the molecule is CC[C@@H](C)c1cc(S(=O)(=O)N2CCOCC2)ccc1OC. The Kier molecular flexibility index (Phi) is 5.24. The van der Waals surface area contributed by atoms with Gasteiger partial charge in [-0.3, -0.25) is 0 Å². The smallest absolute Gasteiger partial charge is 0.243 e. The van der Waals surface area contributed by atoms with E-state index in [2.05, 4.69) is 13.8 Å². The lowest BCUT2D eigenvalue weighted by molar-refractivity contribution is 0.0730. The van der Waals surface area contributed by atoms with E-state index >= 15 is 0 Å². The fraction of sp³-hybridized carbons (Fsp3) is 0.600. The van der Waals surface area contributed by atoms with Gasteiger partial charge in [-0.15, -0.1) is 0 Å². The fourth-order valence-electron chi connectivity index (χ4n) is 2.41. The maximum absolute atomic E-state index is 12.7. The summed E-state index contributed by atoms with van der Waals surface area (Å²) in [6.07, 6.45) is 0.928. The first-order valence-electron chi connectivity index (χ1n) is 7.26. The molecule has 21 heavy (non-hydrogen) atoms. The van der Waals surface area contributed by atoms with Gasteiger partial charge in [-0.1, -0.05) is 13.8 Å². The first-order chi connectivity index (χ1) is 10.0. The lowest BCUT2D eigenvalue weighted by atomic mass is 9.98. The van der Waals surface area contributed by atoms with E-state index in [0.717, 1.165) is 17.7 Å². The standard InChI is InChI=1S/C15H23NO4S/c1-4-12(2)14-11-13(5-6-15(14)19-3)21(17,18)16-7-9-20-10-8-16/h5-6,11-12H,4,7-10H2,1-3H3/t12-/m1/s1. The molecule has 0 bridgehead atoms. The molecule has 0 aromatic heterocycles. The van der Waals surface area contributed by atoms with E-state index in [1.165, 1.54) is 4.31 Å². The van der Waals surface area contributed by atoms with Gasteiger partial charge in [-0.05, 0) is 36.1 Å². The molecular weight excluding hydrogens is 290 g/mol. The van der Waals surface area contributed by atoms with Crippen molar-refractivity contribution in [2.24, 2.45) is 0 Å². The second-order valence-corrected chi connectivity index (χ2v) is 7.17. The van der Waals surface area contributed by atoms with Gasteiger partial charge < -0.3 is 9.47 Å². The van der Waals surface area contributed by atoms with E-state index in [-0.39, 0.29) is 5.92 Å². The molecule has 0 aliphatic carbocycles. The second-order valence-electron chi connectivity index (χ2n) is 5.23. The Balaban J connectivity index is 2.39. The van der Waals surface area contributed by atoms with Crippen LogP contribution in [0.5, 0.6) is 5.75 Å². The number of hydrogen-bond donors (Lipinski definition) is 0. The highest BCUT2D eigenvalue weighted by Crippen LogP contribution is 2.31. The van der Waals surface area contributed by atoms with Crippen molar-refractivity contribution < 1.29 is 17.9 Å². The minimum Gasteiger partial charge on any atom is -0.496 e. The predicted octanol–water partition coefficient (Wildman–Crippen LogP) is 2.23. The molecule has 2 rings (SSSR count). The minimum absolute atomic E-state index is 0.250. The highest BCUT2D eigenvalue weighted by molar-refractivity contribution is 7.89. The summed E-state index contributed by atoms with van der Waals surface area (Å²) in [5.41, 5.74) is 0.939. The molecule has 1 heterocycles. The van der Waals surface area contributed by atoms with E-state index in [1.807, 2.05) is 0 Å². The Morgan fingerprint density at radius 3 is 2.57 bits per heavy atom. The van der Waals surface area contributed by atoms with E-state index in [4.69, 9.17) is 9.47 Å². The third-order valence-corrected chi connectivity index (χ3v) is 5.85. The molecule has 118 valence electrons. The van der Waals surface area contributed by atoms with Crippen LogP contribution in [0.4, 0.5) is 0 Å². The summed E-state index contributed by atoms with van der Waals surface area (Å²) >= 11 is 0. The van der Waals surface area contributed by atoms with Gasteiger partial charge in [0.15, 0.2) is 0 Å². The monoisotopic (exact) mass is 313 g/mol. The largest absolute Gasteiger partial charge is 0.496 e. The second kappa shape index (κ2) is 6.77. The van der Waals surface area contributed by atoms with E-state index in [9.17, 15) is 8.42 Å². The maximum Gasteiger partial charge on any atom is 0.243 e. The number of methoxy groups -OCH3 is 1. The van der Waals surface area contributed by atoms with Crippen molar-refractivity contribution in [1.29, 1.82) is 0 Å². The topological polar surface area (TPSA) is 55.8 Å². The first kappa shape index (κ1) is 16.3. The number of benzene rings is 1. The summed E-state index contributed by atoms with van der Waals surface area (Å²) in [6, 6.07) is 5.11. The summed E-state index contributed by atoms with van der Waals surface area (Å²) in [5, 5.41) is 0. The lowest BCUT2D eigenvalue weighted by Crippen LogP contribution is -2.40. The van der Waals surface area contributed by atoms with Crippen molar-refractivity contribution in [3.8, 4) is 5.75 Å². The number of sulfonamides is 1. The Morgan fingerprint density at radius 1 is 1.33 bits per heavy atom. The molecule has 5 nitrogen and oxygen atoms in total. The van der Waals surface area contributed by atoms with Gasteiger partial charge in [0, 0.05) is 13.1 Å². The van der Waals surface area contributed by atoms with Crippen molar-refractivity contribution in [3.05, 3.63) is 23.8 Å². The van der Waals surface area contributed by atoms with Crippen LogP contribution in [-0.4, -0.2) is 46.1 Å². The van der Waals surface area contributed by atoms with Crippen molar-refractivity contribution in [3.63, 3.8) is 0 Å². The van der Waals surface area contributed by atoms with Crippen LogP contribution >= 0.6 is 0 Å². The first-order valence-corrected chi connectivity index (χ1v) is 8.70. The Bertz CT molecular complexity index is 579. The van der Waals surface area contributed by atoms with E-state index in [0.29, 0.717) is 31.2 Å². The molecular formula is C15H23NO4S. The molecule has 1 aromatic carbocycles. The summed E-state index contributed by atoms with van der Waals surface area (Å²) in [6.45, 7) is 5.87. The molecule has 0 saturated carbocycles. The summed E-state index contributed by atoms with van der Waals surface area (Å²) < 4.78 is 37.4. The summed E-state index contributed by atoms with van der Waals surface area (Å²) in [5.74, 6) is 0.991. The number of nitrogens with zero attached hydrogens (tertiary/aromatic N) is 1. The van der Waals surface area contributed by atoms with Gasteiger partial charge in [0.1, 0.15) is 5.75 Å². The van der Waals surface area contributed by atoms with Crippen LogP contribution in [-0.2, 0) is 14.8 Å².